The van der Waals surface area contributed by atoms with E-state index in [2.05, 4.69) is 119 Å². The van der Waals surface area contributed by atoms with E-state index in [1.165, 1.54) is 0 Å². The molecule has 0 bridgehead atoms. The van der Waals surface area contributed by atoms with Gasteiger partial charge in [0.1, 0.15) is 0 Å². The third-order valence-electron chi connectivity index (χ3n) is 14.8. The maximum Gasteiger partial charge on any atom is 0.252 e. The molecule has 14 rings (SSSR count). The molecule has 2 heterocycles. The van der Waals surface area contributed by atoms with E-state index in [1.807, 2.05) is 152 Å². The van der Waals surface area contributed by atoms with E-state index in [4.69, 9.17) is 0 Å². The molecule has 0 amide bonds. The second-order valence-corrected chi connectivity index (χ2v) is 19.1. The van der Waals surface area contributed by atoms with Crippen LogP contribution in [0.2, 0.25) is 0 Å². The number of fused-ring (bicyclic) bond motifs is 4. The Morgan fingerprint density at radius 1 is 0.253 bits per heavy atom. The van der Waals surface area contributed by atoms with Crippen molar-refractivity contribution in [1.82, 2.24) is 0 Å². The van der Waals surface area contributed by atoms with Crippen LogP contribution in [0.3, 0.4) is 0 Å². The zero-order chi connectivity index (χ0) is 54.9. The van der Waals surface area contributed by atoms with E-state index < -0.39 is 6.71 Å². The molecule has 0 atom stereocenters. The van der Waals surface area contributed by atoms with Crippen LogP contribution in [0.4, 0.5) is 34.1 Å². The molecule has 2 aliphatic rings. The van der Waals surface area contributed by atoms with Gasteiger partial charge in [-0.05, 0) is 96.3 Å². The molecule has 0 spiro atoms. The maximum absolute atomic E-state index is 10.0. The second kappa shape index (κ2) is 18.7. The van der Waals surface area contributed by atoms with Crippen LogP contribution >= 0.6 is 0 Å². The third kappa shape index (κ3) is 7.68. The summed E-state index contributed by atoms with van der Waals surface area (Å²) in [6.07, 6.45) is 0. The zero-order valence-electron chi connectivity index (χ0n) is 46.8. The van der Waals surface area contributed by atoms with Gasteiger partial charge in [-0.2, -0.15) is 0 Å². The lowest BCUT2D eigenvalue weighted by Gasteiger charge is -2.46. The summed E-state index contributed by atoms with van der Waals surface area (Å²) in [6.45, 7) is -0.437. The van der Waals surface area contributed by atoms with Crippen molar-refractivity contribution in [1.29, 1.82) is 0 Å². The molecule has 0 saturated carbocycles. The molecule has 12 aromatic carbocycles. The van der Waals surface area contributed by atoms with Crippen molar-refractivity contribution in [2.24, 2.45) is 0 Å². The van der Waals surface area contributed by atoms with Gasteiger partial charge < -0.3 is 9.80 Å². The molecule has 3 heteroatoms. The Labute approximate surface area is 448 Å². The normalized spacial score (nSPS) is 13.3. The fraction of sp³-hybridized carbons (Fsp3) is 0. The fourth-order valence-corrected chi connectivity index (χ4v) is 11.4. The van der Waals surface area contributed by atoms with Crippen LogP contribution in [-0.2, 0) is 0 Å². The minimum atomic E-state index is -0.437. The zero-order valence-corrected chi connectivity index (χ0v) is 40.8. The number of nitrogens with zero attached hydrogens (tertiary/aromatic N) is 2. The highest BCUT2D eigenvalue weighted by molar-refractivity contribution is 7.00. The Morgan fingerprint density at radius 3 is 0.840 bits per heavy atom. The molecule has 0 radical (unpaired) electrons. The largest absolute Gasteiger partial charge is 0.310 e. The van der Waals surface area contributed by atoms with Gasteiger partial charge in [0.15, 0.2) is 0 Å². The topological polar surface area (TPSA) is 6.48 Å². The van der Waals surface area contributed by atoms with Gasteiger partial charge in [-0.15, -0.1) is 0 Å². The van der Waals surface area contributed by atoms with Crippen molar-refractivity contribution >= 4 is 57.2 Å². The summed E-state index contributed by atoms with van der Waals surface area (Å²) in [4.78, 5) is 4.54. The minimum absolute atomic E-state index is 0.0561. The van der Waals surface area contributed by atoms with Gasteiger partial charge in [-0.1, -0.05) is 273 Å². The number of rotatable bonds is 9. The Balaban J connectivity index is 1.21. The van der Waals surface area contributed by atoms with E-state index in [0.717, 1.165) is 94.8 Å². The van der Waals surface area contributed by atoms with E-state index in [1.54, 1.807) is 0 Å². The lowest BCUT2D eigenvalue weighted by molar-refractivity contribution is 1.25. The molecule has 12 aromatic rings. The quantitative estimate of drug-likeness (QED) is 0.133. The standard InChI is InChI=1S/C72H49BN2/c1-8-24-50(25-9-1)57-42-44-66-64(46-57)73-65-47-58(51-26-10-2-11-27-51)43-45-67(65)75(72-62(55-34-18-6-19-35-55)40-23-41-63(72)56-36-20-7-21-37-56)69-49-59(52-28-12-3-13-29-52)48-68(70(69)73)74(66)71-60(53-30-14-4-15-31-53)38-22-39-61(71)54-32-16-5-17-33-54/h1-49H/i22D,23D,38D,39D,40D,41D. The monoisotopic (exact) mass is 958 g/mol. The van der Waals surface area contributed by atoms with Crippen LogP contribution in [0.25, 0.3) is 77.9 Å². The van der Waals surface area contributed by atoms with Gasteiger partial charge in [-0.3, -0.25) is 0 Å². The Kier molecular flexibility index (Phi) is 9.49. The first-order valence-electron chi connectivity index (χ1n) is 28.5. The molecule has 75 heavy (non-hydrogen) atoms. The van der Waals surface area contributed by atoms with Gasteiger partial charge in [-0.25, -0.2) is 0 Å². The van der Waals surface area contributed by atoms with Gasteiger partial charge in [0.2, 0.25) is 0 Å². The van der Waals surface area contributed by atoms with E-state index in [0.29, 0.717) is 33.6 Å². The summed E-state index contributed by atoms with van der Waals surface area (Å²) < 4.78 is 59.3. The maximum atomic E-state index is 10.0. The Morgan fingerprint density at radius 2 is 0.533 bits per heavy atom. The number of benzene rings is 12. The van der Waals surface area contributed by atoms with Crippen LogP contribution in [0.15, 0.2) is 297 Å². The number of para-hydroxylation sites is 2. The SMILES string of the molecule is [2H]c1c([2H])c(-c2ccccc2)c(N2c3ccc(-c4ccccc4)cc3B3c4cc(-c5ccccc5)ccc4N(c4c(-c5ccccc5)c([2H])c([2H])c([2H])c4-c4ccccc4)c4cc(-c5ccccc5)cc2c43)c(-c2ccccc2)c1[2H]. The molecule has 0 N–H and O–H groups in total. The number of hydrogen-bond donors (Lipinski definition) is 0. The van der Waals surface area contributed by atoms with Crippen molar-refractivity contribution in [3.8, 4) is 77.9 Å². The Hall–Kier alpha value is -9.70. The number of anilines is 6. The first-order chi connectivity index (χ1) is 39.7. The average Bonchev–Trinajstić information content (AvgIpc) is 2.74. The van der Waals surface area contributed by atoms with Gasteiger partial charge in [0, 0.05) is 45.0 Å². The minimum Gasteiger partial charge on any atom is -0.310 e. The molecule has 2 nitrogen and oxygen atoms in total. The average molecular weight is 959 g/mol. The van der Waals surface area contributed by atoms with Crippen molar-refractivity contribution in [3.63, 3.8) is 0 Å². The highest BCUT2D eigenvalue weighted by atomic mass is 15.2. The summed E-state index contributed by atoms with van der Waals surface area (Å²) >= 11 is 0. The van der Waals surface area contributed by atoms with Gasteiger partial charge >= 0.3 is 0 Å². The highest BCUT2D eigenvalue weighted by Gasteiger charge is 2.45. The van der Waals surface area contributed by atoms with E-state index in [-0.39, 0.29) is 36.3 Å². The van der Waals surface area contributed by atoms with Gasteiger partial charge in [0.25, 0.3) is 6.71 Å². The van der Waals surface area contributed by atoms with Crippen molar-refractivity contribution in [3.05, 3.63) is 297 Å². The van der Waals surface area contributed by atoms with Crippen LogP contribution in [0, 0.1) is 0 Å². The summed E-state index contributed by atoms with van der Waals surface area (Å²) in [5.74, 6) is 0. The van der Waals surface area contributed by atoms with Crippen LogP contribution < -0.4 is 26.2 Å². The Bertz CT molecular complexity index is 4000. The van der Waals surface area contributed by atoms with Crippen LogP contribution in [0.1, 0.15) is 8.22 Å². The lowest BCUT2D eigenvalue weighted by atomic mass is 9.33. The van der Waals surface area contributed by atoms with Crippen LogP contribution in [-0.4, -0.2) is 6.71 Å². The van der Waals surface area contributed by atoms with Crippen LogP contribution in [0.5, 0.6) is 0 Å². The van der Waals surface area contributed by atoms with Crippen molar-refractivity contribution in [2.75, 3.05) is 9.80 Å². The molecule has 0 unspecified atom stereocenters. The second-order valence-electron chi connectivity index (χ2n) is 19.1. The molecule has 0 aliphatic carbocycles. The molecular weight excluding hydrogens is 904 g/mol. The molecule has 0 fully saturated rings. The molecule has 2 aliphatic heterocycles. The first kappa shape index (κ1) is 38.0. The summed E-state index contributed by atoms with van der Waals surface area (Å²) in [5.41, 5.74) is 18.4. The molecular formula is C72H49BN2. The van der Waals surface area contributed by atoms with E-state index in [9.17, 15) is 8.22 Å². The predicted octanol–water partition coefficient (Wildman–Crippen LogP) is 17.4. The molecule has 0 saturated heterocycles. The smallest absolute Gasteiger partial charge is 0.252 e. The summed E-state index contributed by atoms with van der Waals surface area (Å²) in [7, 11) is 0. The first-order valence-corrected chi connectivity index (χ1v) is 25.5. The molecule has 0 aromatic heterocycles. The highest BCUT2D eigenvalue weighted by Crippen LogP contribution is 2.53. The summed E-state index contributed by atoms with van der Waals surface area (Å²) in [6, 6.07) is 87.8. The third-order valence-corrected chi connectivity index (χ3v) is 14.8. The fourth-order valence-electron chi connectivity index (χ4n) is 11.4. The van der Waals surface area contributed by atoms with Crippen molar-refractivity contribution in [2.45, 2.75) is 0 Å². The number of hydrogen-bond acceptors (Lipinski definition) is 2. The van der Waals surface area contributed by atoms with Crippen molar-refractivity contribution < 1.29 is 8.22 Å². The van der Waals surface area contributed by atoms with Gasteiger partial charge in [0.05, 0.1) is 19.6 Å². The predicted molar refractivity (Wildman–Crippen MR) is 319 cm³/mol. The molecule has 350 valence electrons. The lowest BCUT2D eigenvalue weighted by Crippen LogP contribution is -2.61. The summed E-state index contributed by atoms with van der Waals surface area (Å²) in [5, 5.41) is 0. The van der Waals surface area contributed by atoms with E-state index >= 15 is 0 Å².